The number of benzene rings is 8. The molecule has 0 radical (unpaired) electrons. The highest BCUT2D eigenvalue weighted by Gasteiger charge is 2.30. The second-order valence-corrected chi connectivity index (χ2v) is 10.8. The van der Waals surface area contributed by atoms with Gasteiger partial charge in [0, 0.05) is 33.0 Å². The molecule has 2 heterocycles. The van der Waals surface area contributed by atoms with Gasteiger partial charge in [-0.25, -0.2) is 0 Å². The van der Waals surface area contributed by atoms with Crippen molar-refractivity contribution < 1.29 is 19.2 Å². The molecule has 2 N–H and O–H groups in total. The summed E-state index contributed by atoms with van der Waals surface area (Å²) in [7, 11) is 0. The molecule has 2 aliphatic heterocycles. The molecule has 184 valence electrons. The summed E-state index contributed by atoms with van der Waals surface area (Å²) in [6.45, 7) is 0. The van der Waals surface area contributed by atoms with Crippen LogP contribution in [0.5, 0.6) is 0 Å². The van der Waals surface area contributed by atoms with Crippen molar-refractivity contribution in [1.29, 1.82) is 0 Å². The number of hydrogen-bond acceptors (Lipinski definition) is 4. The molecule has 2 aliphatic rings. The Bertz CT molecular complexity index is 2270. The lowest BCUT2D eigenvalue weighted by molar-refractivity contribution is 0.0828. The highest BCUT2D eigenvalue weighted by Crippen LogP contribution is 2.49. The normalized spacial score (nSPS) is 15.1. The molecular weight excluding hydrogens is 500 g/mol. The van der Waals surface area contributed by atoms with E-state index in [1.165, 1.54) is 0 Å². The molecule has 6 heteroatoms. The molecule has 0 atom stereocenters. The number of nitrogens with one attached hydrogen (secondary N) is 2. The van der Waals surface area contributed by atoms with Crippen molar-refractivity contribution in [2.24, 2.45) is 0 Å². The van der Waals surface area contributed by atoms with Crippen LogP contribution in [-0.4, -0.2) is 23.6 Å². The number of hydrogen-bond donors (Lipinski definition) is 2. The molecule has 0 unspecified atom stereocenters. The molecule has 8 aromatic carbocycles. The highest BCUT2D eigenvalue weighted by molar-refractivity contribution is 6.45. The topological polar surface area (TPSA) is 92.3 Å². The molecule has 0 fully saturated rings. The first-order chi connectivity index (χ1) is 19.5. The lowest BCUT2D eigenvalue weighted by Gasteiger charge is -2.23. The minimum absolute atomic E-state index is 0.374. The van der Waals surface area contributed by atoms with E-state index >= 15 is 0 Å². The van der Waals surface area contributed by atoms with E-state index in [1.807, 2.05) is 48.5 Å². The van der Waals surface area contributed by atoms with Crippen molar-refractivity contribution in [1.82, 2.24) is 10.6 Å². The zero-order valence-electron chi connectivity index (χ0n) is 20.6. The fourth-order valence-corrected chi connectivity index (χ4v) is 7.51. The number of rotatable bonds is 0. The number of amides is 4. The fraction of sp³-hybridized carbons (Fsp3) is 0. The van der Waals surface area contributed by atoms with Gasteiger partial charge in [-0.3, -0.25) is 29.8 Å². The van der Waals surface area contributed by atoms with Gasteiger partial charge in [-0.05, 0) is 88.9 Å². The van der Waals surface area contributed by atoms with Crippen LogP contribution in [0.3, 0.4) is 0 Å². The van der Waals surface area contributed by atoms with Gasteiger partial charge in [0.05, 0.1) is 0 Å². The second kappa shape index (κ2) is 6.33. The van der Waals surface area contributed by atoms with Crippen LogP contribution in [0.2, 0.25) is 0 Å². The zero-order valence-corrected chi connectivity index (χ0v) is 20.6. The van der Waals surface area contributed by atoms with E-state index in [2.05, 4.69) is 34.9 Å². The molecular formula is C34H14N2O4. The average Bonchev–Trinajstić information content (AvgIpc) is 2.97. The summed E-state index contributed by atoms with van der Waals surface area (Å²) in [5.74, 6) is -1.50. The van der Waals surface area contributed by atoms with Crippen molar-refractivity contribution in [3.05, 3.63) is 95.1 Å². The molecule has 0 aromatic heterocycles. The van der Waals surface area contributed by atoms with Gasteiger partial charge in [-0.2, -0.15) is 0 Å². The minimum atomic E-state index is -0.374. The van der Waals surface area contributed by atoms with Crippen molar-refractivity contribution in [3.8, 4) is 0 Å². The first kappa shape index (κ1) is 20.4. The second-order valence-electron chi connectivity index (χ2n) is 10.8. The van der Waals surface area contributed by atoms with Gasteiger partial charge in [-0.1, -0.05) is 48.5 Å². The molecule has 0 bridgehead atoms. The summed E-state index contributed by atoms with van der Waals surface area (Å²) in [5, 5.41) is 18.6. The van der Waals surface area contributed by atoms with Gasteiger partial charge in [0.2, 0.25) is 0 Å². The summed E-state index contributed by atoms with van der Waals surface area (Å²) in [5.41, 5.74) is 2.04. The van der Waals surface area contributed by atoms with E-state index in [0.29, 0.717) is 33.0 Å². The Labute approximate surface area is 223 Å². The van der Waals surface area contributed by atoms with Crippen LogP contribution in [0.4, 0.5) is 0 Å². The summed E-state index contributed by atoms with van der Waals surface area (Å²) >= 11 is 0. The lowest BCUT2D eigenvalue weighted by atomic mass is 9.81. The summed E-state index contributed by atoms with van der Waals surface area (Å²) in [6, 6.07) is 23.6. The van der Waals surface area contributed by atoms with Crippen LogP contribution in [0.25, 0.3) is 75.4 Å². The third kappa shape index (κ3) is 2.06. The quantitative estimate of drug-likeness (QED) is 0.139. The van der Waals surface area contributed by atoms with E-state index in [0.717, 1.165) is 64.6 Å². The Morgan fingerprint density at radius 1 is 0.275 bits per heavy atom. The van der Waals surface area contributed by atoms with E-state index in [4.69, 9.17) is 0 Å². The highest BCUT2D eigenvalue weighted by atomic mass is 16.2. The van der Waals surface area contributed by atoms with Crippen LogP contribution >= 0.6 is 0 Å². The van der Waals surface area contributed by atoms with Crippen LogP contribution in [-0.2, 0) is 0 Å². The Kier molecular flexibility index (Phi) is 3.22. The predicted octanol–water partition coefficient (Wildman–Crippen LogP) is 6.40. The first-order valence-corrected chi connectivity index (χ1v) is 13.0. The molecule has 0 aliphatic carbocycles. The average molecular weight is 514 g/mol. The van der Waals surface area contributed by atoms with E-state index in [9.17, 15) is 19.2 Å². The predicted molar refractivity (Wildman–Crippen MR) is 155 cm³/mol. The molecule has 10 rings (SSSR count). The third-order valence-electron chi connectivity index (χ3n) is 9.08. The molecule has 0 spiro atoms. The van der Waals surface area contributed by atoms with Crippen LogP contribution < -0.4 is 10.6 Å². The lowest BCUT2D eigenvalue weighted by Crippen LogP contribution is -2.34. The molecule has 6 nitrogen and oxygen atoms in total. The van der Waals surface area contributed by atoms with Crippen LogP contribution in [0, 0.1) is 0 Å². The summed E-state index contributed by atoms with van der Waals surface area (Å²) in [6.07, 6.45) is 0. The SMILES string of the molecule is O=C1NC(=O)c2ccc3c4ccc5c6ccc7c8c(ccc(c9ccc(c%10ccc1c2c%103)c4c95)c86)C(=O)NC7=O. The van der Waals surface area contributed by atoms with E-state index in [-0.39, 0.29) is 23.6 Å². The summed E-state index contributed by atoms with van der Waals surface area (Å²) < 4.78 is 0. The molecule has 4 amide bonds. The van der Waals surface area contributed by atoms with E-state index < -0.39 is 0 Å². The fourth-order valence-electron chi connectivity index (χ4n) is 7.51. The van der Waals surface area contributed by atoms with Crippen molar-refractivity contribution in [2.45, 2.75) is 0 Å². The third-order valence-corrected chi connectivity index (χ3v) is 9.08. The van der Waals surface area contributed by atoms with Crippen LogP contribution in [0.1, 0.15) is 41.4 Å². The largest absolute Gasteiger partial charge is 0.288 e. The van der Waals surface area contributed by atoms with Gasteiger partial charge in [0.1, 0.15) is 0 Å². The van der Waals surface area contributed by atoms with Crippen molar-refractivity contribution in [2.75, 3.05) is 0 Å². The van der Waals surface area contributed by atoms with E-state index in [1.54, 1.807) is 0 Å². The minimum Gasteiger partial charge on any atom is -0.288 e. The van der Waals surface area contributed by atoms with Crippen LogP contribution in [0.15, 0.2) is 72.8 Å². The molecule has 8 aromatic rings. The van der Waals surface area contributed by atoms with Gasteiger partial charge >= 0.3 is 0 Å². The molecule has 0 saturated carbocycles. The van der Waals surface area contributed by atoms with Gasteiger partial charge < -0.3 is 0 Å². The Morgan fingerprint density at radius 2 is 0.475 bits per heavy atom. The van der Waals surface area contributed by atoms with Crippen molar-refractivity contribution in [3.63, 3.8) is 0 Å². The standard InChI is InChI=1S/C34H14N2O4/c37-31-21-9-5-17-13-1-2-14-18-6-10-23-30-24(34(40)36-33(23)39)12-8-20(28(18)30)16-4-3-15(25(13)26(14)16)19-7-11-22(32(38)35-31)29(21)27(17)19/h1-12H,(H,35,37,38)(H,36,39,40). The van der Waals surface area contributed by atoms with Gasteiger partial charge in [0.15, 0.2) is 0 Å². The molecule has 0 saturated heterocycles. The number of carbonyl (C=O) groups is 4. The maximum atomic E-state index is 12.7. The summed E-state index contributed by atoms with van der Waals surface area (Å²) in [4.78, 5) is 50.9. The number of fused-ring (bicyclic) bond motifs is 4. The number of carbonyl (C=O) groups excluding carboxylic acids is 4. The maximum absolute atomic E-state index is 12.7. The Hall–Kier alpha value is -5.62. The van der Waals surface area contributed by atoms with Crippen molar-refractivity contribution >= 4 is 99.0 Å². The van der Waals surface area contributed by atoms with Gasteiger partial charge in [0.25, 0.3) is 23.6 Å². The maximum Gasteiger partial charge on any atom is 0.258 e. The monoisotopic (exact) mass is 514 g/mol. The Morgan fingerprint density at radius 3 is 0.725 bits per heavy atom. The smallest absolute Gasteiger partial charge is 0.258 e. The number of imide groups is 2. The van der Waals surface area contributed by atoms with Gasteiger partial charge in [-0.15, -0.1) is 0 Å². The Balaban J connectivity index is 1.47. The molecule has 40 heavy (non-hydrogen) atoms. The first-order valence-electron chi connectivity index (χ1n) is 13.0. The zero-order chi connectivity index (χ0) is 26.6.